The second-order valence-electron chi connectivity index (χ2n) is 3.77. The summed E-state index contributed by atoms with van der Waals surface area (Å²) in [6.07, 6.45) is 0.647. The van der Waals surface area contributed by atoms with E-state index in [1.807, 2.05) is 19.1 Å². The molecule has 2 rings (SSSR count). The number of rotatable bonds is 4. The topological polar surface area (TPSA) is 84.3 Å². The molecule has 0 saturated carbocycles. The van der Waals surface area contributed by atoms with E-state index in [0.29, 0.717) is 29.2 Å². The van der Waals surface area contributed by atoms with E-state index < -0.39 is 0 Å². The van der Waals surface area contributed by atoms with Crippen LogP contribution in [0.4, 0.5) is 11.7 Å². The van der Waals surface area contributed by atoms with Crippen molar-refractivity contribution >= 4 is 22.8 Å². The van der Waals surface area contributed by atoms with Crippen LogP contribution in [0.25, 0.3) is 11.1 Å². The van der Waals surface area contributed by atoms with Gasteiger partial charge in [0, 0.05) is 12.6 Å². The van der Waals surface area contributed by atoms with Gasteiger partial charge in [0.15, 0.2) is 5.58 Å². The average Bonchev–Trinajstić information content (AvgIpc) is 2.62. The van der Waals surface area contributed by atoms with E-state index in [-0.39, 0.29) is 12.6 Å². The molecular formula is C11H15N3O2. The first-order valence-electron chi connectivity index (χ1n) is 5.23. The Balaban J connectivity index is 2.23. The fraction of sp³-hybridized carbons (Fsp3) is 0.364. The van der Waals surface area contributed by atoms with Crippen LogP contribution in [0.2, 0.25) is 0 Å². The van der Waals surface area contributed by atoms with Crippen molar-refractivity contribution in [2.75, 3.05) is 17.7 Å². The summed E-state index contributed by atoms with van der Waals surface area (Å²) in [5.74, 6) is 0. The largest absolute Gasteiger partial charge is 0.423 e. The lowest BCUT2D eigenvalue weighted by Crippen LogP contribution is -2.16. The summed E-state index contributed by atoms with van der Waals surface area (Å²) in [7, 11) is 0. The number of aliphatic hydroxyl groups excluding tert-OH is 1. The molecule has 4 N–H and O–H groups in total. The van der Waals surface area contributed by atoms with Crippen molar-refractivity contribution in [2.24, 2.45) is 0 Å². The number of hydrogen-bond acceptors (Lipinski definition) is 5. The third kappa shape index (κ3) is 2.09. The number of oxazole rings is 1. The zero-order valence-electron chi connectivity index (χ0n) is 9.10. The van der Waals surface area contributed by atoms with Crippen LogP contribution in [0.5, 0.6) is 0 Å². The average molecular weight is 221 g/mol. The number of nitrogens with zero attached hydrogens (tertiary/aromatic N) is 1. The van der Waals surface area contributed by atoms with E-state index in [9.17, 15) is 0 Å². The molecule has 1 atom stereocenters. The maximum absolute atomic E-state index is 8.79. The van der Waals surface area contributed by atoms with Gasteiger partial charge < -0.3 is 20.6 Å². The third-order valence-electron chi connectivity index (χ3n) is 2.38. The van der Waals surface area contributed by atoms with Crippen molar-refractivity contribution in [3.05, 3.63) is 18.2 Å². The Kier molecular flexibility index (Phi) is 2.96. The van der Waals surface area contributed by atoms with Gasteiger partial charge in [-0.3, -0.25) is 0 Å². The molecule has 1 unspecified atom stereocenters. The fourth-order valence-corrected chi connectivity index (χ4v) is 1.51. The molecule has 0 spiro atoms. The first kappa shape index (κ1) is 10.8. The fourth-order valence-electron chi connectivity index (χ4n) is 1.51. The van der Waals surface area contributed by atoms with Crippen LogP contribution in [0, 0.1) is 0 Å². The number of benzene rings is 1. The highest BCUT2D eigenvalue weighted by molar-refractivity contribution is 5.86. The number of fused-ring (bicyclic) bond motifs is 1. The lowest BCUT2D eigenvalue weighted by atomic mass is 10.2. The lowest BCUT2D eigenvalue weighted by Gasteiger charge is -2.08. The van der Waals surface area contributed by atoms with Gasteiger partial charge in [0.05, 0.1) is 5.69 Å². The summed E-state index contributed by atoms with van der Waals surface area (Å²) in [4.78, 5) is 4.25. The Morgan fingerprint density at radius 3 is 3.06 bits per heavy atom. The van der Waals surface area contributed by atoms with Crippen LogP contribution in [0.3, 0.4) is 0 Å². The number of aromatic nitrogens is 1. The zero-order chi connectivity index (χ0) is 11.5. The van der Waals surface area contributed by atoms with E-state index >= 15 is 0 Å². The minimum Gasteiger partial charge on any atom is -0.423 e. The van der Waals surface area contributed by atoms with Gasteiger partial charge in [-0.15, -0.1) is 0 Å². The number of hydrogen-bond donors (Lipinski definition) is 3. The first-order valence-corrected chi connectivity index (χ1v) is 5.23. The van der Waals surface area contributed by atoms with Crippen LogP contribution in [0.1, 0.15) is 13.3 Å². The Morgan fingerprint density at radius 2 is 2.38 bits per heavy atom. The van der Waals surface area contributed by atoms with Crippen molar-refractivity contribution in [1.29, 1.82) is 0 Å². The maximum atomic E-state index is 8.79. The number of aliphatic hydroxyl groups is 1. The third-order valence-corrected chi connectivity index (χ3v) is 2.38. The molecule has 0 radical (unpaired) electrons. The standard InChI is InChI=1S/C11H15N3O2/c1-7(5-6-15)13-11-14-10-8(12)3-2-4-9(10)16-11/h2-4,7,15H,5-6,12H2,1H3,(H,13,14). The SMILES string of the molecule is CC(CCO)Nc1nc2c(N)cccc2o1. The molecule has 86 valence electrons. The Labute approximate surface area is 93.3 Å². The van der Waals surface area contributed by atoms with Gasteiger partial charge >= 0.3 is 0 Å². The van der Waals surface area contributed by atoms with Crippen LogP contribution in [0.15, 0.2) is 22.6 Å². The van der Waals surface area contributed by atoms with Crippen molar-refractivity contribution in [2.45, 2.75) is 19.4 Å². The number of nitrogens with two attached hydrogens (primary N) is 1. The lowest BCUT2D eigenvalue weighted by molar-refractivity contribution is 0.281. The number of anilines is 2. The highest BCUT2D eigenvalue weighted by Crippen LogP contribution is 2.23. The molecule has 0 fully saturated rings. The van der Waals surface area contributed by atoms with Crippen molar-refractivity contribution in [3.63, 3.8) is 0 Å². The number of para-hydroxylation sites is 1. The summed E-state index contributed by atoms with van der Waals surface area (Å²) in [6, 6.07) is 5.98. The Bertz CT molecular complexity index is 481. The molecule has 0 saturated heterocycles. The second kappa shape index (κ2) is 4.40. The van der Waals surface area contributed by atoms with E-state index in [4.69, 9.17) is 15.3 Å². The van der Waals surface area contributed by atoms with Crippen LogP contribution in [-0.4, -0.2) is 22.7 Å². The molecule has 0 aliphatic heterocycles. The first-order chi connectivity index (χ1) is 7.70. The van der Waals surface area contributed by atoms with Gasteiger partial charge in [-0.05, 0) is 25.5 Å². The van der Waals surface area contributed by atoms with Gasteiger partial charge in [-0.25, -0.2) is 0 Å². The monoisotopic (exact) mass is 221 g/mol. The van der Waals surface area contributed by atoms with E-state index in [2.05, 4.69) is 10.3 Å². The van der Waals surface area contributed by atoms with Crippen molar-refractivity contribution < 1.29 is 9.52 Å². The number of nitrogens with one attached hydrogen (secondary N) is 1. The summed E-state index contributed by atoms with van der Waals surface area (Å²) < 4.78 is 5.48. The van der Waals surface area contributed by atoms with E-state index in [1.54, 1.807) is 6.07 Å². The molecule has 0 bridgehead atoms. The molecule has 16 heavy (non-hydrogen) atoms. The molecule has 0 aliphatic rings. The molecule has 0 aliphatic carbocycles. The Hall–Kier alpha value is -1.75. The summed E-state index contributed by atoms with van der Waals surface area (Å²) in [6.45, 7) is 2.09. The smallest absolute Gasteiger partial charge is 0.295 e. The molecule has 0 amide bonds. The van der Waals surface area contributed by atoms with Crippen molar-refractivity contribution in [1.82, 2.24) is 4.98 Å². The summed E-state index contributed by atoms with van der Waals surface area (Å²) >= 11 is 0. The van der Waals surface area contributed by atoms with Gasteiger partial charge in [0.2, 0.25) is 0 Å². The van der Waals surface area contributed by atoms with Crippen LogP contribution in [-0.2, 0) is 0 Å². The second-order valence-corrected chi connectivity index (χ2v) is 3.77. The highest BCUT2D eigenvalue weighted by atomic mass is 16.4. The van der Waals surface area contributed by atoms with Crippen LogP contribution >= 0.6 is 0 Å². The van der Waals surface area contributed by atoms with Gasteiger partial charge in [-0.2, -0.15) is 4.98 Å². The molecule has 5 heteroatoms. The van der Waals surface area contributed by atoms with Gasteiger partial charge in [-0.1, -0.05) is 6.07 Å². The summed E-state index contributed by atoms with van der Waals surface area (Å²) in [5, 5.41) is 11.9. The molecule has 1 heterocycles. The quantitative estimate of drug-likeness (QED) is 0.683. The molecule has 2 aromatic rings. The molecule has 1 aromatic carbocycles. The predicted octanol–water partition coefficient (Wildman–Crippen LogP) is 1.59. The molecule has 1 aromatic heterocycles. The maximum Gasteiger partial charge on any atom is 0.295 e. The van der Waals surface area contributed by atoms with E-state index in [1.165, 1.54) is 0 Å². The normalized spacial score (nSPS) is 12.9. The number of nitrogen functional groups attached to an aromatic ring is 1. The zero-order valence-corrected chi connectivity index (χ0v) is 9.10. The Morgan fingerprint density at radius 1 is 1.56 bits per heavy atom. The molecule has 5 nitrogen and oxygen atoms in total. The predicted molar refractivity (Wildman–Crippen MR) is 63.2 cm³/mol. The van der Waals surface area contributed by atoms with Gasteiger partial charge in [0.1, 0.15) is 5.52 Å². The minimum atomic E-state index is 0.110. The minimum absolute atomic E-state index is 0.110. The highest BCUT2D eigenvalue weighted by Gasteiger charge is 2.09. The molecular weight excluding hydrogens is 206 g/mol. The van der Waals surface area contributed by atoms with E-state index in [0.717, 1.165) is 0 Å². The summed E-state index contributed by atoms with van der Waals surface area (Å²) in [5.41, 5.74) is 7.70. The van der Waals surface area contributed by atoms with Crippen molar-refractivity contribution in [3.8, 4) is 0 Å². The van der Waals surface area contributed by atoms with Crippen LogP contribution < -0.4 is 11.1 Å². The van der Waals surface area contributed by atoms with Gasteiger partial charge in [0.25, 0.3) is 6.01 Å².